The summed E-state index contributed by atoms with van der Waals surface area (Å²) in [5, 5.41) is 22.2. The number of amides is 1. The number of nitrogens with zero attached hydrogens (tertiary/aromatic N) is 2. The number of carbonyl (C=O) groups is 1. The van der Waals surface area contributed by atoms with Gasteiger partial charge in [-0.25, -0.2) is 0 Å². The van der Waals surface area contributed by atoms with Gasteiger partial charge >= 0.3 is 0 Å². The van der Waals surface area contributed by atoms with Crippen molar-refractivity contribution >= 4 is 17.5 Å². The first-order valence-corrected chi connectivity index (χ1v) is 12.3. The number of aliphatic hydroxyl groups is 2. The minimum Gasteiger partial charge on any atom is -0.494 e. The first-order chi connectivity index (χ1) is 16.4. The Balaban J connectivity index is 1.27. The van der Waals surface area contributed by atoms with Crippen LogP contribution >= 0.6 is 11.6 Å². The normalized spacial score (nSPS) is 23.3. The highest BCUT2D eigenvalue weighted by atomic mass is 35.5. The van der Waals surface area contributed by atoms with Crippen molar-refractivity contribution in [2.75, 3.05) is 39.4 Å². The molecule has 2 fully saturated rings. The van der Waals surface area contributed by atoms with E-state index in [1.54, 1.807) is 24.3 Å². The van der Waals surface area contributed by atoms with Gasteiger partial charge in [0, 0.05) is 44.2 Å². The van der Waals surface area contributed by atoms with Gasteiger partial charge in [-0.2, -0.15) is 0 Å². The lowest BCUT2D eigenvalue weighted by Crippen LogP contribution is -2.59. The summed E-state index contributed by atoms with van der Waals surface area (Å²) >= 11 is 6.01. The van der Waals surface area contributed by atoms with Gasteiger partial charge in [0.25, 0.3) is 0 Å². The van der Waals surface area contributed by atoms with E-state index in [2.05, 4.69) is 4.90 Å². The molecule has 2 heterocycles. The molecule has 2 saturated heterocycles. The van der Waals surface area contributed by atoms with Crippen LogP contribution in [0.1, 0.15) is 31.2 Å². The summed E-state index contributed by atoms with van der Waals surface area (Å²) in [6.45, 7) is 3.74. The van der Waals surface area contributed by atoms with Gasteiger partial charge in [0.1, 0.15) is 23.7 Å². The van der Waals surface area contributed by atoms with Gasteiger partial charge < -0.3 is 24.6 Å². The van der Waals surface area contributed by atoms with Gasteiger partial charge in [-0.05, 0) is 55.2 Å². The number of β-amino-alcohol motifs (C(OH)–C–C–N with tert-alkyl or cyclic N) is 1. The molecule has 7 nitrogen and oxygen atoms in total. The van der Waals surface area contributed by atoms with Crippen molar-refractivity contribution in [3.8, 4) is 11.5 Å². The number of ether oxygens (including phenoxy) is 2. The zero-order valence-electron chi connectivity index (χ0n) is 19.4. The molecule has 0 aromatic heterocycles. The molecule has 0 radical (unpaired) electrons. The number of hydrogen-bond acceptors (Lipinski definition) is 6. The van der Waals surface area contributed by atoms with Crippen LogP contribution in [-0.2, 0) is 11.3 Å². The van der Waals surface area contributed by atoms with Crippen LogP contribution in [0.15, 0.2) is 48.5 Å². The lowest BCUT2D eigenvalue weighted by Gasteiger charge is -2.42. The maximum Gasteiger partial charge on any atom is 0.222 e. The highest BCUT2D eigenvalue weighted by molar-refractivity contribution is 6.30. The molecule has 2 aromatic carbocycles. The molecule has 2 aliphatic heterocycles. The fourth-order valence-electron chi connectivity index (χ4n) is 4.56. The zero-order valence-corrected chi connectivity index (χ0v) is 20.1. The first-order valence-electron chi connectivity index (χ1n) is 11.9. The van der Waals surface area contributed by atoms with Gasteiger partial charge in [-0.1, -0.05) is 29.8 Å². The van der Waals surface area contributed by atoms with Crippen molar-refractivity contribution in [1.82, 2.24) is 9.80 Å². The Labute approximate surface area is 205 Å². The third-order valence-corrected chi connectivity index (χ3v) is 6.67. The van der Waals surface area contributed by atoms with Crippen molar-refractivity contribution in [3.63, 3.8) is 0 Å². The Hall–Kier alpha value is -2.32. The third-order valence-electron chi connectivity index (χ3n) is 6.44. The first kappa shape index (κ1) is 24.8. The highest BCUT2D eigenvalue weighted by Gasteiger charge is 2.42. The molecule has 0 unspecified atom stereocenters. The van der Waals surface area contributed by atoms with Crippen molar-refractivity contribution in [2.24, 2.45) is 0 Å². The van der Waals surface area contributed by atoms with Crippen molar-refractivity contribution in [1.29, 1.82) is 0 Å². The Morgan fingerprint density at radius 2 is 1.88 bits per heavy atom. The lowest BCUT2D eigenvalue weighted by molar-refractivity contribution is -0.140. The summed E-state index contributed by atoms with van der Waals surface area (Å²) in [5.41, 5.74) is -0.302. The number of carbonyl (C=O) groups excluding carboxylic acids is 1. The number of likely N-dealkylation sites (tertiary alicyclic amines) is 2. The average Bonchev–Trinajstić information content (AvgIpc) is 3.23. The van der Waals surface area contributed by atoms with Crippen LogP contribution in [0.3, 0.4) is 0 Å². The molecule has 2 aromatic rings. The summed E-state index contributed by atoms with van der Waals surface area (Å²) in [7, 11) is 0. The van der Waals surface area contributed by atoms with Crippen molar-refractivity contribution in [3.05, 3.63) is 59.1 Å². The smallest absolute Gasteiger partial charge is 0.222 e. The van der Waals surface area contributed by atoms with Crippen LogP contribution in [0.4, 0.5) is 0 Å². The average molecular weight is 489 g/mol. The fraction of sp³-hybridized carbons (Fsp3) is 0.500. The van der Waals surface area contributed by atoms with Crippen molar-refractivity contribution < 1.29 is 24.5 Å². The molecule has 184 valence electrons. The van der Waals surface area contributed by atoms with E-state index in [9.17, 15) is 15.0 Å². The fourth-order valence-corrected chi connectivity index (χ4v) is 4.75. The Morgan fingerprint density at radius 3 is 2.65 bits per heavy atom. The Bertz CT molecular complexity index is 974. The van der Waals surface area contributed by atoms with Crippen LogP contribution in [-0.4, -0.2) is 77.0 Å². The monoisotopic (exact) mass is 488 g/mol. The standard InChI is InChI=1S/C26H33ClN2O5/c27-21-6-2-8-23(16-21)34-19-26(32)18-28(13-10-24(26)30)17-20-5-1-7-22(15-20)33-14-4-12-29-11-3-9-25(29)31/h1-2,5-8,15-16,24,30,32H,3-4,9-14,17-19H2/t24-,26-/m0/s1. The molecular formula is C26H33ClN2O5. The maximum atomic E-state index is 11.7. The molecule has 0 aliphatic carbocycles. The van der Waals surface area contributed by atoms with Crippen LogP contribution in [0.5, 0.6) is 11.5 Å². The summed E-state index contributed by atoms with van der Waals surface area (Å²) < 4.78 is 11.7. The quantitative estimate of drug-likeness (QED) is 0.500. The third kappa shape index (κ3) is 6.63. The topological polar surface area (TPSA) is 82.5 Å². The second-order valence-electron chi connectivity index (χ2n) is 9.20. The van der Waals surface area contributed by atoms with E-state index >= 15 is 0 Å². The van der Waals surface area contributed by atoms with E-state index in [-0.39, 0.29) is 12.5 Å². The number of hydrogen-bond donors (Lipinski definition) is 2. The maximum absolute atomic E-state index is 11.7. The van der Waals surface area contributed by atoms with Crippen LogP contribution in [0, 0.1) is 0 Å². The Kier molecular flexibility index (Phi) is 8.32. The minimum absolute atomic E-state index is 0.0202. The highest BCUT2D eigenvalue weighted by Crippen LogP contribution is 2.26. The Morgan fingerprint density at radius 1 is 1.09 bits per heavy atom. The molecule has 2 N–H and O–H groups in total. The second kappa shape index (κ2) is 11.4. The summed E-state index contributed by atoms with van der Waals surface area (Å²) in [4.78, 5) is 15.7. The van der Waals surface area contributed by atoms with E-state index in [0.29, 0.717) is 49.9 Å². The molecule has 8 heteroatoms. The second-order valence-corrected chi connectivity index (χ2v) is 9.63. The SMILES string of the molecule is O=C1CCCN1CCCOc1cccc(CN2CC[C@H](O)[C@@](O)(COc3cccc(Cl)c3)C2)c1. The number of aliphatic hydroxyl groups excluding tert-OH is 1. The summed E-state index contributed by atoms with van der Waals surface area (Å²) in [6.07, 6.45) is 2.02. The van der Waals surface area contributed by atoms with Gasteiger partial charge in [-0.15, -0.1) is 0 Å². The molecule has 34 heavy (non-hydrogen) atoms. The largest absolute Gasteiger partial charge is 0.494 e. The van der Waals surface area contributed by atoms with Crippen molar-refractivity contribution in [2.45, 2.75) is 43.9 Å². The molecule has 4 rings (SSSR count). The molecule has 2 atom stereocenters. The van der Waals surface area contributed by atoms with Gasteiger partial charge in [0.05, 0.1) is 12.7 Å². The number of piperidine rings is 1. The molecule has 1 amide bonds. The molecule has 0 spiro atoms. The molecule has 2 aliphatic rings. The van der Waals surface area contributed by atoms with Gasteiger partial charge in [-0.3, -0.25) is 9.69 Å². The van der Waals surface area contributed by atoms with Gasteiger partial charge in [0.2, 0.25) is 5.91 Å². The lowest BCUT2D eigenvalue weighted by atomic mass is 9.90. The zero-order chi connectivity index (χ0) is 24.0. The van der Waals surface area contributed by atoms with Crippen LogP contribution < -0.4 is 9.47 Å². The number of halogens is 1. The molecule has 0 saturated carbocycles. The number of rotatable bonds is 10. The van der Waals surface area contributed by atoms with E-state index in [0.717, 1.165) is 37.2 Å². The van der Waals surface area contributed by atoms with E-state index < -0.39 is 11.7 Å². The van der Waals surface area contributed by atoms with E-state index in [1.165, 1.54) is 0 Å². The van der Waals surface area contributed by atoms with Crippen LogP contribution in [0.2, 0.25) is 5.02 Å². The van der Waals surface area contributed by atoms with E-state index in [4.69, 9.17) is 21.1 Å². The predicted molar refractivity (Wildman–Crippen MR) is 130 cm³/mol. The summed E-state index contributed by atoms with van der Waals surface area (Å²) in [5.74, 6) is 1.60. The van der Waals surface area contributed by atoms with E-state index in [1.807, 2.05) is 29.2 Å². The van der Waals surface area contributed by atoms with Crippen LogP contribution in [0.25, 0.3) is 0 Å². The molecule has 0 bridgehead atoms. The number of benzene rings is 2. The summed E-state index contributed by atoms with van der Waals surface area (Å²) in [6, 6.07) is 14.9. The van der Waals surface area contributed by atoms with Gasteiger partial charge in [0.15, 0.2) is 0 Å². The predicted octanol–water partition coefficient (Wildman–Crippen LogP) is 3.11. The molecular weight excluding hydrogens is 456 g/mol. The minimum atomic E-state index is -1.37.